The van der Waals surface area contributed by atoms with Crippen molar-refractivity contribution in [1.29, 1.82) is 0 Å². The molecule has 2 aromatic carbocycles. The predicted molar refractivity (Wildman–Crippen MR) is 110 cm³/mol. The van der Waals surface area contributed by atoms with E-state index in [0.29, 0.717) is 5.16 Å². The molecule has 0 atom stereocenters. The van der Waals surface area contributed by atoms with Gasteiger partial charge in [0.1, 0.15) is 0 Å². The molecule has 0 spiro atoms. The average molecular weight is 393 g/mol. The van der Waals surface area contributed by atoms with Crippen LogP contribution in [-0.4, -0.2) is 26.4 Å². The molecule has 4 aromatic rings. The molecule has 0 saturated heterocycles. The smallest absolute Gasteiger partial charge is 0.234 e. The van der Waals surface area contributed by atoms with Crippen molar-refractivity contribution in [1.82, 2.24) is 14.8 Å². The van der Waals surface area contributed by atoms with E-state index in [1.54, 1.807) is 11.3 Å². The monoisotopic (exact) mass is 392 g/mol. The van der Waals surface area contributed by atoms with Gasteiger partial charge in [0, 0.05) is 16.6 Å². The van der Waals surface area contributed by atoms with Gasteiger partial charge in [0.25, 0.3) is 0 Å². The molecule has 0 fully saturated rings. The summed E-state index contributed by atoms with van der Waals surface area (Å²) in [6, 6.07) is 21.7. The van der Waals surface area contributed by atoms with Crippen molar-refractivity contribution in [3.63, 3.8) is 0 Å². The molecule has 0 aliphatic carbocycles. The largest absolute Gasteiger partial charge is 0.325 e. The second-order valence-corrected chi connectivity index (χ2v) is 7.41. The predicted octanol–water partition coefficient (Wildman–Crippen LogP) is 4.73. The van der Waals surface area contributed by atoms with E-state index in [2.05, 4.69) is 15.5 Å². The maximum atomic E-state index is 12.2. The van der Waals surface area contributed by atoms with Gasteiger partial charge in [0.2, 0.25) is 5.91 Å². The Morgan fingerprint density at radius 2 is 1.74 bits per heavy atom. The van der Waals surface area contributed by atoms with Crippen molar-refractivity contribution in [2.75, 3.05) is 11.1 Å². The van der Waals surface area contributed by atoms with E-state index in [9.17, 15) is 4.79 Å². The molecule has 4 rings (SSSR count). The molecule has 0 saturated carbocycles. The minimum atomic E-state index is -0.0673. The number of aromatic nitrogens is 3. The summed E-state index contributed by atoms with van der Waals surface area (Å²) in [5, 5.41) is 16.1. The van der Waals surface area contributed by atoms with Crippen LogP contribution in [0.5, 0.6) is 0 Å². The van der Waals surface area contributed by atoms with E-state index in [4.69, 9.17) is 0 Å². The highest BCUT2D eigenvalue weighted by molar-refractivity contribution is 7.99. The van der Waals surface area contributed by atoms with Crippen LogP contribution >= 0.6 is 23.1 Å². The van der Waals surface area contributed by atoms with Gasteiger partial charge >= 0.3 is 0 Å². The molecule has 2 heterocycles. The summed E-state index contributed by atoms with van der Waals surface area (Å²) in [6.45, 7) is 0. The fourth-order valence-electron chi connectivity index (χ4n) is 2.61. The van der Waals surface area contributed by atoms with E-state index in [1.165, 1.54) is 11.8 Å². The fraction of sp³-hybridized carbons (Fsp3) is 0.0500. The second-order valence-electron chi connectivity index (χ2n) is 5.69. The molecule has 0 bridgehead atoms. The van der Waals surface area contributed by atoms with Crippen LogP contribution in [0.15, 0.2) is 82.6 Å². The molecule has 27 heavy (non-hydrogen) atoms. The molecular formula is C20H16N4OS2. The molecule has 0 unspecified atom stereocenters. The Morgan fingerprint density at radius 3 is 2.44 bits per heavy atom. The van der Waals surface area contributed by atoms with Gasteiger partial charge in [-0.15, -0.1) is 10.2 Å². The summed E-state index contributed by atoms with van der Waals surface area (Å²) in [5.74, 6) is 0.945. The molecule has 134 valence electrons. The van der Waals surface area contributed by atoms with Crippen LogP contribution in [0.2, 0.25) is 0 Å². The van der Waals surface area contributed by atoms with Crippen molar-refractivity contribution < 1.29 is 4.79 Å². The highest BCUT2D eigenvalue weighted by atomic mass is 32.2. The van der Waals surface area contributed by atoms with Crippen molar-refractivity contribution in [3.05, 3.63) is 77.5 Å². The fourth-order valence-corrected chi connectivity index (χ4v) is 3.95. The number of para-hydroxylation sites is 1. The first-order valence-electron chi connectivity index (χ1n) is 8.32. The maximum Gasteiger partial charge on any atom is 0.234 e. The average Bonchev–Trinajstić information content (AvgIpc) is 3.37. The first-order valence-corrected chi connectivity index (χ1v) is 10.3. The van der Waals surface area contributed by atoms with Crippen LogP contribution in [-0.2, 0) is 4.79 Å². The van der Waals surface area contributed by atoms with Crippen molar-refractivity contribution in [3.8, 4) is 17.1 Å². The standard InChI is InChI=1S/C20H16N4OS2/c25-18(21-16-11-12-26-13-16)14-27-20-23-22-19(15-7-3-1-4-8-15)24(20)17-9-5-2-6-10-17/h1-13H,14H2,(H,21,25). The van der Waals surface area contributed by atoms with Gasteiger partial charge in [-0.05, 0) is 23.6 Å². The van der Waals surface area contributed by atoms with Gasteiger partial charge in [-0.25, -0.2) is 0 Å². The molecule has 1 amide bonds. The van der Waals surface area contributed by atoms with Gasteiger partial charge in [-0.3, -0.25) is 9.36 Å². The van der Waals surface area contributed by atoms with Crippen LogP contribution in [0.4, 0.5) is 5.69 Å². The topological polar surface area (TPSA) is 59.8 Å². The number of hydrogen-bond donors (Lipinski definition) is 1. The van der Waals surface area contributed by atoms with Gasteiger partial charge in [0.15, 0.2) is 11.0 Å². The van der Waals surface area contributed by atoms with E-state index in [1.807, 2.05) is 82.1 Å². The number of rotatable bonds is 6. The van der Waals surface area contributed by atoms with Crippen LogP contribution < -0.4 is 5.32 Å². The first-order chi connectivity index (χ1) is 13.3. The highest BCUT2D eigenvalue weighted by Gasteiger charge is 2.17. The van der Waals surface area contributed by atoms with Crippen molar-refractivity contribution >= 4 is 34.7 Å². The zero-order valence-corrected chi connectivity index (χ0v) is 15.9. The SMILES string of the molecule is O=C(CSc1nnc(-c2ccccc2)n1-c1ccccc1)Nc1ccsc1. The van der Waals surface area contributed by atoms with Crippen LogP contribution in [0.3, 0.4) is 0 Å². The number of thioether (sulfide) groups is 1. The third kappa shape index (κ3) is 4.10. The van der Waals surface area contributed by atoms with E-state index >= 15 is 0 Å². The molecule has 0 aliphatic rings. The Labute approximate surface area is 165 Å². The lowest BCUT2D eigenvalue weighted by Gasteiger charge is -2.10. The van der Waals surface area contributed by atoms with Gasteiger partial charge in [0.05, 0.1) is 11.4 Å². The number of carbonyl (C=O) groups excluding carboxylic acids is 1. The quantitative estimate of drug-likeness (QED) is 0.482. The zero-order chi connectivity index (χ0) is 18.5. The van der Waals surface area contributed by atoms with Gasteiger partial charge in [-0.2, -0.15) is 11.3 Å². The van der Waals surface area contributed by atoms with Crippen LogP contribution in [0.1, 0.15) is 0 Å². The number of benzene rings is 2. The number of thiophene rings is 1. The first kappa shape index (κ1) is 17.5. The lowest BCUT2D eigenvalue weighted by molar-refractivity contribution is -0.113. The van der Waals surface area contributed by atoms with Gasteiger partial charge < -0.3 is 5.32 Å². The molecule has 1 N–H and O–H groups in total. The third-order valence-electron chi connectivity index (χ3n) is 3.82. The lowest BCUT2D eigenvalue weighted by Crippen LogP contribution is -2.14. The van der Waals surface area contributed by atoms with E-state index in [0.717, 1.165) is 22.8 Å². The summed E-state index contributed by atoms with van der Waals surface area (Å²) in [5.41, 5.74) is 2.76. The number of anilines is 1. The molecule has 2 aromatic heterocycles. The second kappa shape index (κ2) is 8.20. The minimum absolute atomic E-state index is 0.0673. The molecule has 7 heteroatoms. The Morgan fingerprint density at radius 1 is 1.00 bits per heavy atom. The highest BCUT2D eigenvalue weighted by Crippen LogP contribution is 2.28. The number of hydrogen-bond acceptors (Lipinski definition) is 5. The summed E-state index contributed by atoms with van der Waals surface area (Å²) >= 11 is 2.92. The normalized spacial score (nSPS) is 10.7. The third-order valence-corrected chi connectivity index (χ3v) is 5.43. The van der Waals surface area contributed by atoms with E-state index in [-0.39, 0.29) is 11.7 Å². The van der Waals surface area contributed by atoms with Crippen molar-refractivity contribution in [2.45, 2.75) is 5.16 Å². The molecular weight excluding hydrogens is 376 g/mol. The number of nitrogens with one attached hydrogen (secondary N) is 1. The maximum absolute atomic E-state index is 12.2. The Hall–Kier alpha value is -2.90. The Balaban J connectivity index is 1.61. The number of amides is 1. The van der Waals surface area contributed by atoms with Crippen molar-refractivity contribution in [2.24, 2.45) is 0 Å². The van der Waals surface area contributed by atoms with Gasteiger partial charge in [-0.1, -0.05) is 60.3 Å². The summed E-state index contributed by atoms with van der Waals surface area (Å²) in [6.07, 6.45) is 0. The molecule has 5 nitrogen and oxygen atoms in total. The summed E-state index contributed by atoms with van der Waals surface area (Å²) in [4.78, 5) is 12.2. The number of nitrogens with zero attached hydrogens (tertiary/aromatic N) is 3. The summed E-state index contributed by atoms with van der Waals surface area (Å²) in [7, 11) is 0. The summed E-state index contributed by atoms with van der Waals surface area (Å²) < 4.78 is 1.98. The van der Waals surface area contributed by atoms with Crippen LogP contribution in [0, 0.1) is 0 Å². The lowest BCUT2D eigenvalue weighted by atomic mass is 10.2. The Bertz CT molecular complexity index is 1010. The van der Waals surface area contributed by atoms with E-state index < -0.39 is 0 Å². The zero-order valence-electron chi connectivity index (χ0n) is 14.3. The molecule has 0 aliphatic heterocycles. The Kier molecular flexibility index (Phi) is 5.32. The minimum Gasteiger partial charge on any atom is -0.325 e. The number of carbonyl (C=O) groups is 1. The van der Waals surface area contributed by atoms with Crippen LogP contribution in [0.25, 0.3) is 17.1 Å². The molecule has 0 radical (unpaired) electrons.